The Morgan fingerprint density at radius 1 is 1.19 bits per heavy atom. The monoisotopic (exact) mass is 424 g/mol. The summed E-state index contributed by atoms with van der Waals surface area (Å²) in [6.07, 6.45) is 2.90. The van der Waals surface area contributed by atoms with E-state index in [2.05, 4.69) is 17.4 Å². The minimum atomic E-state index is -0.441. The molecule has 31 heavy (non-hydrogen) atoms. The van der Waals surface area contributed by atoms with E-state index < -0.39 is 5.54 Å². The summed E-state index contributed by atoms with van der Waals surface area (Å²) >= 11 is 0. The average Bonchev–Trinajstić information content (AvgIpc) is 3.45. The van der Waals surface area contributed by atoms with Gasteiger partial charge >= 0.3 is 0 Å². The molecule has 1 saturated heterocycles. The molecule has 7 nitrogen and oxygen atoms in total. The van der Waals surface area contributed by atoms with Crippen LogP contribution in [0.4, 0.5) is 0 Å². The van der Waals surface area contributed by atoms with Crippen molar-refractivity contribution in [1.82, 2.24) is 15.4 Å². The van der Waals surface area contributed by atoms with Crippen molar-refractivity contribution in [2.24, 2.45) is 11.7 Å². The van der Waals surface area contributed by atoms with Crippen LogP contribution in [0.1, 0.15) is 85.0 Å². The number of benzene rings is 1. The zero-order valence-electron chi connectivity index (χ0n) is 18.7. The number of nitrogens with one attached hydrogen (secondary N) is 1. The lowest BCUT2D eigenvalue weighted by atomic mass is 9.88. The number of hydrogen-bond acceptors (Lipinski definition) is 5. The molecule has 2 heterocycles. The molecule has 2 amide bonds. The fourth-order valence-electron chi connectivity index (χ4n) is 4.24. The van der Waals surface area contributed by atoms with Crippen LogP contribution >= 0.6 is 0 Å². The smallest absolute Gasteiger partial charge is 0.273 e. The molecule has 7 heteroatoms. The first-order chi connectivity index (χ1) is 14.6. The van der Waals surface area contributed by atoms with E-state index >= 15 is 0 Å². The minimum absolute atomic E-state index is 0.0103. The largest absolute Gasteiger partial charge is 0.360 e. The standard InChI is InChI=1S/C24H32N4O3/c1-14-13-28(23(30)17-7-9-18(10-8-17)24(3,4)25)15(2)11-19(14)26-22(29)20-12-21(31-27-20)16-5-6-16/h7-10,12,14-16,19H,5-6,11,13,25H2,1-4H3,(H,26,29)/t14-,15-,19+/m1/s1. The lowest BCUT2D eigenvalue weighted by Gasteiger charge is -2.42. The molecule has 2 fully saturated rings. The van der Waals surface area contributed by atoms with E-state index in [1.54, 1.807) is 6.07 Å². The van der Waals surface area contributed by atoms with E-state index in [0.29, 0.717) is 30.1 Å². The summed E-state index contributed by atoms with van der Waals surface area (Å²) in [5.41, 5.74) is 7.68. The SMILES string of the molecule is C[C@@H]1CN(C(=O)c2ccc(C(C)(C)N)cc2)[C@H](C)C[C@@H]1NC(=O)c1cc(C2CC2)on1. The molecule has 166 valence electrons. The van der Waals surface area contributed by atoms with Gasteiger partial charge in [-0.1, -0.05) is 24.2 Å². The number of nitrogens with two attached hydrogens (primary N) is 1. The second kappa shape index (κ2) is 8.11. The summed E-state index contributed by atoms with van der Waals surface area (Å²) in [6.45, 7) is 8.56. The summed E-state index contributed by atoms with van der Waals surface area (Å²) in [5, 5.41) is 7.03. The summed E-state index contributed by atoms with van der Waals surface area (Å²) < 4.78 is 5.30. The molecular weight excluding hydrogens is 392 g/mol. The van der Waals surface area contributed by atoms with Crippen LogP contribution in [0.2, 0.25) is 0 Å². The van der Waals surface area contributed by atoms with Crippen LogP contribution in [0.25, 0.3) is 0 Å². The lowest BCUT2D eigenvalue weighted by molar-refractivity contribution is 0.0502. The average molecular weight is 425 g/mol. The van der Waals surface area contributed by atoms with E-state index in [1.165, 1.54) is 0 Å². The molecule has 1 aromatic heterocycles. The Hall–Kier alpha value is -2.67. The fraction of sp³-hybridized carbons (Fsp3) is 0.542. The van der Waals surface area contributed by atoms with Crippen LogP contribution in [-0.2, 0) is 5.54 Å². The van der Waals surface area contributed by atoms with Gasteiger partial charge in [-0.25, -0.2) is 0 Å². The quantitative estimate of drug-likeness (QED) is 0.766. The Bertz CT molecular complexity index is 956. The maximum atomic E-state index is 13.1. The van der Waals surface area contributed by atoms with Crippen molar-refractivity contribution in [1.29, 1.82) is 0 Å². The second-order valence-electron chi connectivity index (χ2n) is 9.79. The fourth-order valence-corrected chi connectivity index (χ4v) is 4.24. The third kappa shape index (κ3) is 4.66. The van der Waals surface area contributed by atoms with Gasteiger partial charge in [0.1, 0.15) is 5.76 Å². The molecule has 1 aliphatic carbocycles. The Kier molecular flexibility index (Phi) is 5.64. The molecule has 1 saturated carbocycles. The van der Waals surface area contributed by atoms with Crippen molar-refractivity contribution >= 4 is 11.8 Å². The number of carbonyl (C=O) groups is 2. The molecule has 1 aliphatic heterocycles. The number of carbonyl (C=O) groups excluding carboxylic acids is 2. The Labute approximate surface area is 183 Å². The molecular formula is C24H32N4O3. The van der Waals surface area contributed by atoms with Gasteiger partial charge in [-0.15, -0.1) is 0 Å². The van der Waals surface area contributed by atoms with Crippen molar-refractivity contribution in [2.45, 2.75) is 70.5 Å². The summed E-state index contributed by atoms with van der Waals surface area (Å²) in [5.74, 6) is 1.15. The van der Waals surface area contributed by atoms with Gasteiger partial charge in [0.05, 0.1) is 0 Å². The van der Waals surface area contributed by atoms with Gasteiger partial charge in [0.15, 0.2) is 5.69 Å². The van der Waals surface area contributed by atoms with Crippen LogP contribution < -0.4 is 11.1 Å². The highest BCUT2D eigenvalue weighted by atomic mass is 16.5. The van der Waals surface area contributed by atoms with E-state index in [1.807, 2.05) is 49.9 Å². The Morgan fingerprint density at radius 3 is 2.48 bits per heavy atom. The number of nitrogens with zero attached hydrogens (tertiary/aromatic N) is 2. The van der Waals surface area contributed by atoms with Crippen LogP contribution in [0, 0.1) is 5.92 Å². The number of rotatable bonds is 5. The number of amides is 2. The predicted molar refractivity (Wildman–Crippen MR) is 118 cm³/mol. The summed E-state index contributed by atoms with van der Waals surface area (Å²) in [7, 11) is 0. The molecule has 2 aliphatic rings. The van der Waals surface area contributed by atoms with Crippen molar-refractivity contribution in [2.75, 3.05) is 6.54 Å². The Morgan fingerprint density at radius 2 is 1.87 bits per heavy atom. The second-order valence-corrected chi connectivity index (χ2v) is 9.79. The van der Waals surface area contributed by atoms with Gasteiger partial charge < -0.3 is 20.5 Å². The highest BCUT2D eigenvalue weighted by molar-refractivity contribution is 5.95. The van der Waals surface area contributed by atoms with Gasteiger partial charge in [0.2, 0.25) is 0 Å². The molecule has 0 bridgehead atoms. The maximum Gasteiger partial charge on any atom is 0.273 e. The number of likely N-dealkylation sites (tertiary alicyclic amines) is 1. The normalized spacial score (nSPS) is 24.2. The third-order valence-corrected chi connectivity index (χ3v) is 6.49. The highest BCUT2D eigenvalue weighted by Gasteiger charge is 2.36. The van der Waals surface area contributed by atoms with Crippen molar-refractivity contribution in [3.05, 3.63) is 52.9 Å². The molecule has 0 unspecified atom stereocenters. The maximum absolute atomic E-state index is 13.1. The van der Waals surface area contributed by atoms with E-state index in [9.17, 15) is 9.59 Å². The van der Waals surface area contributed by atoms with Crippen LogP contribution in [0.15, 0.2) is 34.9 Å². The first kappa shape index (κ1) is 21.6. The molecule has 2 aromatic rings. The van der Waals surface area contributed by atoms with Crippen LogP contribution in [-0.4, -0.2) is 40.5 Å². The molecule has 3 N–H and O–H groups in total. The molecule has 1 aromatic carbocycles. The summed E-state index contributed by atoms with van der Waals surface area (Å²) in [6, 6.07) is 9.28. The molecule has 3 atom stereocenters. The zero-order valence-corrected chi connectivity index (χ0v) is 18.7. The van der Waals surface area contributed by atoms with Crippen molar-refractivity contribution < 1.29 is 14.1 Å². The molecule has 0 radical (unpaired) electrons. The lowest BCUT2D eigenvalue weighted by Crippen LogP contribution is -2.55. The van der Waals surface area contributed by atoms with Crippen LogP contribution in [0.5, 0.6) is 0 Å². The van der Waals surface area contributed by atoms with Gasteiger partial charge in [-0.2, -0.15) is 0 Å². The van der Waals surface area contributed by atoms with Crippen LogP contribution in [0.3, 0.4) is 0 Å². The minimum Gasteiger partial charge on any atom is -0.360 e. The van der Waals surface area contributed by atoms with E-state index in [0.717, 1.165) is 24.2 Å². The topological polar surface area (TPSA) is 101 Å². The Balaban J connectivity index is 1.38. The summed E-state index contributed by atoms with van der Waals surface area (Å²) in [4.78, 5) is 27.7. The van der Waals surface area contributed by atoms with Gasteiger partial charge in [-0.3, -0.25) is 9.59 Å². The predicted octanol–water partition coefficient (Wildman–Crippen LogP) is 3.41. The highest BCUT2D eigenvalue weighted by Crippen LogP contribution is 2.40. The molecule has 4 rings (SSSR count). The van der Waals surface area contributed by atoms with Crippen molar-refractivity contribution in [3.63, 3.8) is 0 Å². The number of aromatic nitrogens is 1. The number of piperidine rings is 1. The first-order valence-electron chi connectivity index (χ1n) is 11.1. The molecule has 0 spiro atoms. The van der Waals surface area contributed by atoms with E-state index in [4.69, 9.17) is 10.3 Å². The van der Waals surface area contributed by atoms with Gasteiger partial charge in [0.25, 0.3) is 11.8 Å². The third-order valence-electron chi connectivity index (χ3n) is 6.49. The number of hydrogen-bond donors (Lipinski definition) is 2. The zero-order chi connectivity index (χ0) is 22.3. The van der Waals surface area contributed by atoms with Gasteiger partial charge in [-0.05, 0) is 63.6 Å². The first-order valence-corrected chi connectivity index (χ1v) is 11.1. The van der Waals surface area contributed by atoms with Crippen molar-refractivity contribution in [3.8, 4) is 0 Å². The van der Waals surface area contributed by atoms with E-state index in [-0.39, 0.29) is 29.8 Å². The van der Waals surface area contributed by atoms with Gasteiger partial charge in [0, 0.05) is 41.7 Å².